The molecule has 2 fully saturated rings. The molecule has 17 heavy (non-hydrogen) atoms. The van der Waals surface area contributed by atoms with Gasteiger partial charge in [-0.1, -0.05) is 0 Å². The maximum absolute atomic E-state index is 11.6. The number of hydrogen-bond donors (Lipinski definition) is 2. The van der Waals surface area contributed by atoms with Crippen LogP contribution < -0.4 is 10.6 Å². The Bertz CT molecular complexity index is 321. The average molecular weight is 252 g/mol. The molecule has 0 aromatic heterocycles. The monoisotopic (exact) mass is 252 g/mol. The quantitative estimate of drug-likeness (QED) is 0.727. The maximum Gasteiger partial charge on any atom is 0.522 e. The third kappa shape index (κ3) is 3.10. The number of halogens is 3. The molecule has 4 nitrogen and oxygen atoms in total. The Morgan fingerprint density at radius 3 is 2.82 bits per heavy atom. The van der Waals surface area contributed by atoms with Crippen LogP contribution in [0.1, 0.15) is 19.8 Å². The molecule has 0 aromatic carbocycles. The summed E-state index contributed by atoms with van der Waals surface area (Å²) in [5, 5.41) is 5.62. The highest BCUT2D eigenvalue weighted by Crippen LogP contribution is 2.51. The standard InChI is InChI=1S/C10H15F3N2O2/c1-9-5-6(9)4-7(15-9)8(16)14-2-3-17-10(11,12)13/h6-7,15H,2-5H2,1H3,(H,14,16). The smallest absolute Gasteiger partial charge is 0.352 e. The second-order valence-electron chi connectivity index (χ2n) is 4.84. The molecule has 7 heteroatoms. The maximum atomic E-state index is 11.6. The summed E-state index contributed by atoms with van der Waals surface area (Å²) in [7, 11) is 0. The van der Waals surface area contributed by atoms with Crippen LogP contribution in [0.2, 0.25) is 0 Å². The van der Waals surface area contributed by atoms with Gasteiger partial charge < -0.3 is 10.6 Å². The van der Waals surface area contributed by atoms with Crippen molar-refractivity contribution in [2.24, 2.45) is 5.92 Å². The van der Waals surface area contributed by atoms with E-state index in [1.54, 1.807) is 0 Å². The van der Waals surface area contributed by atoms with Crippen molar-refractivity contribution in [3.8, 4) is 0 Å². The first-order valence-corrected chi connectivity index (χ1v) is 5.56. The molecule has 2 rings (SSSR count). The SMILES string of the molecule is CC12CC1CC(C(=O)NCCOC(F)(F)F)N2. The van der Waals surface area contributed by atoms with Crippen molar-refractivity contribution in [3.63, 3.8) is 0 Å². The molecule has 0 spiro atoms. The summed E-state index contributed by atoms with van der Waals surface area (Å²) in [5.41, 5.74) is 0.0739. The van der Waals surface area contributed by atoms with Crippen molar-refractivity contribution < 1.29 is 22.7 Å². The topological polar surface area (TPSA) is 50.4 Å². The van der Waals surface area contributed by atoms with E-state index in [2.05, 4.69) is 22.3 Å². The van der Waals surface area contributed by atoms with E-state index in [0.717, 1.165) is 12.8 Å². The number of fused-ring (bicyclic) bond motifs is 1. The number of carbonyl (C=O) groups is 1. The first-order chi connectivity index (χ1) is 7.80. The first kappa shape index (κ1) is 12.6. The number of amides is 1. The number of ether oxygens (including phenoxy) is 1. The lowest BCUT2D eigenvalue weighted by molar-refractivity contribution is -0.323. The van der Waals surface area contributed by atoms with E-state index >= 15 is 0 Å². The van der Waals surface area contributed by atoms with Gasteiger partial charge in [0.1, 0.15) is 0 Å². The van der Waals surface area contributed by atoms with Gasteiger partial charge in [0.25, 0.3) is 0 Å². The second-order valence-corrected chi connectivity index (χ2v) is 4.84. The summed E-state index contributed by atoms with van der Waals surface area (Å²) < 4.78 is 38.5. The first-order valence-electron chi connectivity index (χ1n) is 5.56. The highest BCUT2D eigenvalue weighted by Gasteiger charge is 2.57. The van der Waals surface area contributed by atoms with Gasteiger partial charge >= 0.3 is 6.36 Å². The van der Waals surface area contributed by atoms with Gasteiger partial charge in [0.05, 0.1) is 12.6 Å². The minimum Gasteiger partial charge on any atom is -0.352 e. The van der Waals surface area contributed by atoms with Crippen LogP contribution in [0.5, 0.6) is 0 Å². The largest absolute Gasteiger partial charge is 0.522 e. The number of nitrogens with one attached hydrogen (secondary N) is 2. The molecule has 3 atom stereocenters. The fraction of sp³-hybridized carbons (Fsp3) is 0.900. The van der Waals surface area contributed by atoms with Gasteiger partial charge in [-0.2, -0.15) is 0 Å². The van der Waals surface area contributed by atoms with Crippen LogP contribution >= 0.6 is 0 Å². The van der Waals surface area contributed by atoms with Crippen LogP contribution in [0.4, 0.5) is 13.2 Å². The molecule has 2 N–H and O–H groups in total. The summed E-state index contributed by atoms with van der Waals surface area (Å²) in [6.45, 7) is 1.37. The molecule has 1 amide bonds. The van der Waals surface area contributed by atoms with E-state index in [1.807, 2.05) is 0 Å². The zero-order chi connectivity index (χ0) is 12.7. The Kier molecular flexibility index (Phi) is 3.07. The molecule has 1 saturated heterocycles. The van der Waals surface area contributed by atoms with Crippen molar-refractivity contribution in [2.75, 3.05) is 13.2 Å². The third-order valence-corrected chi connectivity index (χ3v) is 3.42. The van der Waals surface area contributed by atoms with E-state index in [0.29, 0.717) is 5.92 Å². The zero-order valence-electron chi connectivity index (χ0n) is 9.43. The molecule has 0 aromatic rings. The summed E-state index contributed by atoms with van der Waals surface area (Å²) in [4.78, 5) is 11.6. The van der Waals surface area contributed by atoms with Gasteiger partial charge in [-0.25, -0.2) is 0 Å². The van der Waals surface area contributed by atoms with Crippen LogP contribution in [0.15, 0.2) is 0 Å². The summed E-state index contributed by atoms with van der Waals surface area (Å²) >= 11 is 0. The van der Waals surface area contributed by atoms with Crippen LogP contribution in [-0.4, -0.2) is 37.0 Å². The number of hydrogen-bond acceptors (Lipinski definition) is 3. The van der Waals surface area contributed by atoms with Gasteiger partial charge in [0, 0.05) is 12.1 Å². The molecule has 1 heterocycles. The summed E-state index contributed by atoms with van der Waals surface area (Å²) in [5.74, 6) is 0.286. The van der Waals surface area contributed by atoms with Crippen LogP contribution in [-0.2, 0) is 9.53 Å². The zero-order valence-corrected chi connectivity index (χ0v) is 9.43. The second kappa shape index (κ2) is 4.13. The predicted molar refractivity (Wildman–Crippen MR) is 53.1 cm³/mol. The Labute approximate surface area is 96.9 Å². The summed E-state index contributed by atoms with van der Waals surface area (Å²) in [6.07, 6.45) is -2.79. The Morgan fingerprint density at radius 2 is 2.29 bits per heavy atom. The lowest BCUT2D eigenvalue weighted by Crippen LogP contribution is -2.45. The Balaban J connectivity index is 1.62. The highest BCUT2D eigenvalue weighted by molar-refractivity contribution is 5.82. The molecule has 3 unspecified atom stereocenters. The predicted octanol–water partition coefficient (Wildman–Crippen LogP) is 0.779. The molecule has 1 aliphatic heterocycles. The minimum atomic E-state index is -4.63. The molecule has 0 radical (unpaired) electrons. The summed E-state index contributed by atoms with van der Waals surface area (Å²) in [6, 6.07) is -0.273. The number of rotatable bonds is 4. The fourth-order valence-electron chi connectivity index (χ4n) is 2.35. The number of carbonyl (C=O) groups excluding carboxylic acids is 1. The Hall–Kier alpha value is -0.820. The Morgan fingerprint density at radius 1 is 1.59 bits per heavy atom. The van der Waals surface area contributed by atoms with Crippen molar-refractivity contribution in [3.05, 3.63) is 0 Å². The fourth-order valence-corrected chi connectivity index (χ4v) is 2.35. The number of piperidine rings is 1. The lowest BCUT2D eigenvalue weighted by atomic mass is 10.1. The highest BCUT2D eigenvalue weighted by atomic mass is 19.4. The molecule has 2 aliphatic rings. The van der Waals surface area contributed by atoms with Gasteiger partial charge in [-0.3, -0.25) is 9.53 Å². The third-order valence-electron chi connectivity index (χ3n) is 3.42. The minimum absolute atomic E-state index is 0.0739. The molecule has 1 saturated carbocycles. The van der Waals surface area contributed by atoms with Gasteiger partial charge in [0.15, 0.2) is 0 Å². The van der Waals surface area contributed by atoms with Crippen LogP contribution in [0.25, 0.3) is 0 Å². The van der Waals surface area contributed by atoms with Gasteiger partial charge in [-0.05, 0) is 25.7 Å². The normalized spacial score (nSPS) is 35.5. The molecule has 1 aliphatic carbocycles. The van der Waals surface area contributed by atoms with E-state index in [1.165, 1.54) is 0 Å². The van der Waals surface area contributed by atoms with Crippen LogP contribution in [0.3, 0.4) is 0 Å². The molecular formula is C10H15F3N2O2. The van der Waals surface area contributed by atoms with Gasteiger partial charge in [0.2, 0.25) is 5.91 Å². The van der Waals surface area contributed by atoms with E-state index in [9.17, 15) is 18.0 Å². The lowest BCUT2D eigenvalue weighted by Gasteiger charge is -2.16. The molecule has 0 bridgehead atoms. The number of alkyl halides is 3. The van der Waals surface area contributed by atoms with Gasteiger partial charge in [-0.15, -0.1) is 13.2 Å². The van der Waals surface area contributed by atoms with Crippen molar-refractivity contribution in [1.29, 1.82) is 0 Å². The van der Waals surface area contributed by atoms with Crippen molar-refractivity contribution >= 4 is 5.91 Å². The molecular weight excluding hydrogens is 237 g/mol. The molecule has 98 valence electrons. The van der Waals surface area contributed by atoms with E-state index in [4.69, 9.17) is 0 Å². The average Bonchev–Trinajstić information content (AvgIpc) is 2.70. The van der Waals surface area contributed by atoms with Crippen molar-refractivity contribution in [1.82, 2.24) is 10.6 Å². The van der Waals surface area contributed by atoms with E-state index < -0.39 is 13.0 Å². The van der Waals surface area contributed by atoms with Crippen molar-refractivity contribution in [2.45, 2.75) is 37.7 Å². The van der Waals surface area contributed by atoms with E-state index in [-0.39, 0.29) is 24.0 Å². The van der Waals surface area contributed by atoms with Crippen LogP contribution in [0, 0.1) is 5.92 Å².